The van der Waals surface area contributed by atoms with Crippen molar-refractivity contribution in [1.29, 1.82) is 0 Å². The number of fused-ring (bicyclic) bond motifs is 1. The van der Waals surface area contributed by atoms with Crippen LogP contribution in [0.25, 0.3) is 11.2 Å². The zero-order chi connectivity index (χ0) is 30.5. The lowest BCUT2D eigenvalue weighted by Crippen LogP contribution is -2.33. The Balaban J connectivity index is 1.33. The fourth-order valence-corrected chi connectivity index (χ4v) is 5.48. The van der Waals surface area contributed by atoms with Gasteiger partial charge in [0.15, 0.2) is 23.2 Å². The summed E-state index contributed by atoms with van der Waals surface area (Å²) in [6.45, 7) is 0.347. The maximum absolute atomic E-state index is 13.3. The van der Waals surface area contributed by atoms with Crippen molar-refractivity contribution in [3.05, 3.63) is 120 Å². The number of hydrogen-bond acceptors (Lipinski definition) is 9. The minimum Gasteiger partial charge on any atom is -0.394 e. The van der Waals surface area contributed by atoms with E-state index in [1.165, 1.54) is 10.9 Å². The van der Waals surface area contributed by atoms with Crippen LogP contribution in [0.1, 0.15) is 39.5 Å². The minimum atomic E-state index is -1.35. The molecular weight excluding hydrogens is 560 g/mol. The highest BCUT2D eigenvalue weighted by Crippen LogP contribution is 2.33. The van der Waals surface area contributed by atoms with Crippen LogP contribution in [0.5, 0.6) is 0 Å². The Kier molecular flexibility index (Phi) is 8.89. The summed E-state index contributed by atoms with van der Waals surface area (Å²) in [6.07, 6.45) is -2.65. The zero-order valence-corrected chi connectivity index (χ0v) is 23.9. The van der Waals surface area contributed by atoms with Gasteiger partial charge in [-0.1, -0.05) is 91.0 Å². The second-order valence-electron chi connectivity index (χ2n) is 10.7. The molecule has 1 amide bonds. The normalized spacial score (nSPS) is 19.8. The maximum atomic E-state index is 13.3. The van der Waals surface area contributed by atoms with Crippen molar-refractivity contribution < 1.29 is 24.9 Å². The summed E-state index contributed by atoms with van der Waals surface area (Å²) in [6, 6.07) is 30.0. The van der Waals surface area contributed by atoms with Crippen LogP contribution in [0.3, 0.4) is 0 Å². The Morgan fingerprint density at radius 1 is 0.886 bits per heavy atom. The van der Waals surface area contributed by atoms with Gasteiger partial charge in [-0.15, -0.1) is 0 Å². The molecule has 1 aliphatic rings. The van der Waals surface area contributed by atoms with Gasteiger partial charge >= 0.3 is 0 Å². The lowest BCUT2D eigenvalue weighted by atomic mass is 9.91. The maximum Gasteiger partial charge on any atom is 0.289 e. The Labute approximate surface area is 254 Å². The van der Waals surface area contributed by atoms with E-state index in [9.17, 15) is 20.1 Å². The van der Waals surface area contributed by atoms with Gasteiger partial charge in [0.1, 0.15) is 18.3 Å². The molecule has 3 heterocycles. The average Bonchev–Trinajstić information content (AvgIpc) is 3.62. The molecule has 11 nitrogen and oxygen atoms in total. The highest BCUT2D eigenvalue weighted by molar-refractivity contribution is 5.94. The van der Waals surface area contributed by atoms with Crippen LogP contribution in [-0.2, 0) is 11.2 Å². The number of aromatic nitrogens is 4. The van der Waals surface area contributed by atoms with Crippen molar-refractivity contribution >= 4 is 22.9 Å². The summed E-state index contributed by atoms with van der Waals surface area (Å²) in [5.41, 5.74) is 3.90. The van der Waals surface area contributed by atoms with Gasteiger partial charge in [-0.2, -0.15) is 0 Å². The molecule has 0 bridgehead atoms. The predicted molar refractivity (Wildman–Crippen MR) is 164 cm³/mol. The number of anilines is 1. The number of nitrogens with one attached hydrogen (secondary N) is 2. The number of amides is 1. The van der Waals surface area contributed by atoms with Crippen molar-refractivity contribution in [2.45, 2.75) is 36.9 Å². The van der Waals surface area contributed by atoms with Gasteiger partial charge in [0.2, 0.25) is 5.82 Å². The third-order valence-corrected chi connectivity index (χ3v) is 7.84. The van der Waals surface area contributed by atoms with E-state index in [2.05, 4.69) is 49.9 Å². The molecule has 44 heavy (non-hydrogen) atoms. The second-order valence-corrected chi connectivity index (χ2v) is 10.7. The number of imidazole rings is 1. The van der Waals surface area contributed by atoms with Gasteiger partial charge in [-0.05, 0) is 23.1 Å². The molecule has 2 unspecified atom stereocenters. The Bertz CT molecular complexity index is 1650. The van der Waals surface area contributed by atoms with E-state index in [-0.39, 0.29) is 17.4 Å². The third kappa shape index (κ3) is 6.17. The van der Waals surface area contributed by atoms with Crippen LogP contribution >= 0.6 is 0 Å². The number of aliphatic hydroxyl groups excluding tert-OH is 3. The van der Waals surface area contributed by atoms with Crippen LogP contribution in [-0.4, -0.2) is 78.8 Å². The van der Waals surface area contributed by atoms with Gasteiger partial charge < -0.3 is 30.7 Å². The molecule has 5 N–H and O–H groups in total. The molecule has 0 aliphatic carbocycles. The number of benzene rings is 3. The summed E-state index contributed by atoms with van der Waals surface area (Å²) in [5, 5.41) is 37.0. The predicted octanol–water partition coefficient (Wildman–Crippen LogP) is 2.65. The summed E-state index contributed by atoms with van der Waals surface area (Å²) in [7, 11) is 0. The van der Waals surface area contributed by atoms with Crippen LogP contribution < -0.4 is 10.6 Å². The van der Waals surface area contributed by atoms with Gasteiger partial charge in [-0.3, -0.25) is 9.36 Å². The van der Waals surface area contributed by atoms with E-state index >= 15 is 0 Å². The van der Waals surface area contributed by atoms with E-state index in [0.29, 0.717) is 30.8 Å². The standard InChI is InChI=1S/C33H34N6O5/c40-19-25-27(41)28(42)33(44-25)39-20-36-26-29(35-18-24(22-12-6-2-7-13-22)23-14-8-3-9-15-23)37-30(38-31(26)39)32(43)34-17-16-21-10-4-1-5-11-21/h1-15,20,24-25,27-28,33,40-42H,16-19H2,(H,34,43)(H,35,37,38)/t25?,27?,28-,33-/m1/s1. The fraction of sp³-hybridized carbons (Fsp3) is 0.273. The third-order valence-electron chi connectivity index (χ3n) is 7.84. The molecule has 5 aromatic rings. The molecule has 11 heteroatoms. The fourth-order valence-electron chi connectivity index (χ4n) is 5.48. The molecule has 0 radical (unpaired) electrons. The van der Waals surface area contributed by atoms with E-state index in [4.69, 9.17) is 4.74 Å². The highest BCUT2D eigenvalue weighted by Gasteiger charge is 2.44. The first-order chi connectivity index (χ1) is 21.5. The number of hydrogen-bond donors (Lipinski definition) is 5. The van der Waals surface area contributed by atoms with E-state index in [1.807, 2.05) is 66.7 Å². The first kappa shape index (κ1) is 29.4. The van der Waals surface area contributed by atoms with Gasteiger partial charge in [-0.25, -0.2) is 15.0 Å². The van der Waals surface area contributed by atoms with Gasteiger partial charge in [0.05, 0.1) is 12.9 Å². The molecule has 226 valence electrons. The molecular formula is C33H34N6O5. The van der Waals surface area contributed by atoms with E-state index < -0.39 is 37.1 Å². The van der Waals surface area contributed by atoms with Crippen molar-refractivity contribution in [3.63, 3.8) is 0 Å². The Morgan fingerprint density at radius 3 is 2.14 bits per heavy atom. The smallest absolute Gasteiger partial charge is 0.289 e. The molecule has 1 fully saturated rings. The summed E-state index contributed by atoms with van der Waals surface area (Å²) in [4.78, 5) is 27.0. The van der Waals surface area contributed by atoms with Crippen molar-refractivity contribution in [2.75, 3.05) is 25.0 Å². The topological polar surface area (TPSA) is 155 Å². The number of carbonyl (C=O) groups is 1. The van der Waals surface area contributed by atoms with Gasteiger partial charge in [0.25, 0.3) is 5.91 Å². The van der Waals surface area contributed by atoms with Crippen LogP contribution in [0.2, 0.25) is 0 Å². The molecule has 0 saturated carbocycles. The van der Waals surface area contributed by atoms with E-state index in [1.54, 1.807) is 0 Å². The Hall–Kier alpha value is -4.68. The van der Waals surface area contributed by atoms with Crippen molar-refractivity contribution in [3.8, 4) is 0 Å². The van der Waals surface area contributed by atoms with Crippen molar-refractivity contribution in [2.24, 2.45) is 0 Å². The summed E-state index contributed by atoms with van der Waals surface area (Å²) in [5.74, 6) is -0.251. The summed E-state index contributed by atoms with van der Waals surface area (Å²) < 4.78 is 7.20. The monoisotopic (exact) mass is 594 g/mol. The number of ether oxygens (including phenoxy) is 1. The number of nitrogens with zero attached hydrogens (tertiary/aromatic N) is 4. The number of aliphatic hydroxyl groups is 3. The molecule has 1 saturated heterocycles. The first-order valence-electron chi connectivity index (χ1n) is 14.6. The van der Waals surface area contributed by atoms with Gasteiger partial charge in [0, 0.05) is 19.0 Å². The largest absolute Gasteiger partial charge is 0.394 e. The number of carbonyl (C=O) groups excluding carboxylic acids is 1. The molecule has 3 aromatic carbocycles. The van der Waals surface area contributed by atoms with Crippen LogP contribution in [0, 0.1) is 0 Å². The molecule has 1 aliphatic heterocycles. The second kappa shape index (κ2) is 13.3. The van der Waals surface area contributed by atoms with Crippen molar-refractivity contribution in [1.82, 2.24) is 24.8 Å². The van der Waals surface area contributed by atoms with Crippen LogP contribution in [0.4, 0.5) is 5.82 Å². The SMILES string of the molecule is O=C(NCCc1ccccc1)c1nc(NCC(c2ccccc2)c2ccccc2)c2ncn([C@@H]3OC(CO)C(O)[C@H]3O)c2n1. The highest BCUT2D eigenvalue weighted by atomic mass is 16.6. The lowest BCUT2D eigenvalue weighted by Gasteiger charge is -2.20. The summed E-state index contributed by atoms with van der Waals surface area (Å²) >= 11 is 0. The Morgan fingerprint density at radius 2 is 1.52 bits per heavy atom. The lowest BCUT2D eigenvalue weighted by molar-refractivity contribution is -0.0511. The van der Waals surface area contributed by atoms with Crippen LogP contribution in [0.15, 0.2) is 97.3 Å². The zero-order valence-electron chi connectivity index (χ0n) is 23.9. The first-order valence-corrected chi connectivity index (χ1v) is 14.6. The quantitative estimate of drug-likeness (QED) is 0.155. The average molecular weight is 595 g/mol. The molecule has 6 rings (SSSR count). The number of rotatable bonds is 11. The molecule has 0 spiro atoms. The van der Waals surface area contributed by atoms with E-state index in [0.717, 1.165) is 16.7 Å². The molecule has 2 aromatic heterocycles. The minimum absolute atomic E-state index is 0.0342. The molecule has 4 atom stereocenters.